The highest BCUT2D eigenvalue weighted by atomic mass is 16.5. The Bertz CT molecular complexity index is 169. The van der Waals surface area contributed by atoms with Crippen LogP contribution in [0.5, 0.6) is 0 Å². The van der Waals surface area contributed by atoms with Crippen molar-refractivity contribution < 1.29 is 15.5 Å². The first-order valence-corrected chi connectivity index (χ1v) is 3.74. The van der Waals surface area contributed by atoms with Crippen LogP contribution >= 0.6 is 0 Å². The Kier molecular flexibility index (Phi) is 11.2. The molecule has 0 rings (SSSR count). The minimum absolute atomic E-state index is 0. The van der Waals surface area contributed by atoms with Gasteiger partial charge in [-0.15, -0.1) is 0 Å². The lowest BCUT2D eigenvalue weighted by atomic mass is 10.2. The fourth-order valence-electron chi connectivity index (χ4n) is 0.634. The highest BCUT2D eigenvalue weighted by molar-refractivity contribution is 5.92. The lowest BCUT2D eigenvalue weighted by molar-refractivity contribution is -0.123. The van der Waals surface area contributed by atoms with Crippen molar-refractivity contribution in [3.63, 3.8) is 0 Å². The van der Waals surface area contributed by atoms with E-state index >= 15 is 0 Å². The van der Waals surface area contributed by atoms with Crippen molar-refractivity contribution >= 4 is 5.91 Å². The molecule has 0 aliphatic rings. The molecule has 0 atom stereocenters. The molecule has 0 bridgehead atoms. The van der Waals surface area contributed by atoms with Crippen LogP contribution in [0, 0.1) is 11.8 Å². The van der Waals surface area contributed by atoms with Gasteiger partial charge in [-0.2, -0.15) is 0 Å². The number of rotatable bonds is 3. The quantitative estimate of drug-likeness (QED) is 0.277. The molecule has 4 heteroatoms. The Morgan fingerprint density at radius 2 is 2.17 bits per heavy atom. The van der Waals surface area contributed by atoms with Gasteiger partial charge >= 0.3 is 5.91 Å². The number of unbranched alkanes of at least 4 members (excludes halogenated alkanes) is 3. The summed E-state index contributed by atoms with van der Waals surface area (Å²) in [6, 6.07) is 0. The van der Waals surface area contributed by atoms with E-state index in [9.17, 15) is 4.79 Å². The van der Waals surface area contributed by atoms with Crippen molar-refractivity contribution in [1.82, 2.24) is 5.48 Å². The van der Waals surface area contributed by atoms with E-state index in [1.807, 2.05) is 0 Å². The van der Waals surface area contributed by atoms with E-state index in [-0.39, 0.29) is 5.48 Å². The maximum Gasteiger partial charge on any atom is 0.319 e. The van der Waals surface area contributed by atoms with E-state index in [1.54, 1.807) is 0 Å². The van der Waals surface area contributed by atoms with Crippen LogP contribution < -0.4 is 5.48 Å². The minimum atomic E-state index is -0.638. The molecule has 1 amide bonds. The van der Waals surface area contributed by atoms with Gasteiger partial charge < -0.3 is 5.48 Å². The highest BCUT2D eigenvalue weighted by Crippen LogP contribution is 1.96. The number of amides is 1. The Morgan fingerprint density at radius 3 is 2.67 bits per heavy atom. The molecule has 0 aromatic heterocycles. The van der Waals surface area contributed by atoms with Crippen LogP contribution in [0.3, 0.4) is 0 Å². The molecule has 0 spiro atoms. The van der Waals surface area contributed by atoms with Gasteiger partial charge in [0.15, 0.2) is 0 Å². The van der Waals surface area contributed by atoms with Gasteiger partial charge in [-0.25, -0.2) is 5.48 Å². The fourth-order valence-corrected chi connectivity index (χ4v) is 0.634. The van der Waals surface area contributed by atoms with E-state index in [2.05, 4.69) is 18.8 Å². The SMILES string of the molecule is CCCCCC#CC(=O)NO.O. The molecule has 70 valence electrons. The van der Waals surface area contributed by atoms with Crippen LogP contribution in [0.15, 0.2) is 0 Å². The van der Waals surface area contributed by atoms with Crippen LogP contribution in [0.1, 0.15) is 32.6 Å². The van der Waals surface area contributed by atoms with Crippen molar-refractivity contribution in [2.45, 2.75) is 32.6 Å². The maximum atomic E-state index is 10.3. The standard InChI is InChI=1S/C8H13NO2.H2O/c1-2-3-4-5-6-7-8(10)9-11;/h11H,2-5H2,1H3,(H,9,10);1H2. The third-order valence-corrected chi connectivity index (χ3v) is 1.21. The Balaban J connectivity index is 0. The highest BCUT2D eigenvalue weighted by Gasteiger charge is 1.86. The summed E-state index contributed by atoms with van der Waals surface area (Å²) in [5.41, 5.74) is 1.44. The number of carbonyl (C=O) groups excluding carboxylic acids is 1. The molecule has 0 aromatic rings. The zero-order chi connectivity index (χ0) is 8.53. The molecule has 4 N–H and O–H groups in total. The molecule has 0 aliphatic carbocycles. The molecular weight excluding hydrogens is 158 g/mol. The second-order valence-electron chi connectivity index (χ2n) is 2.20. The molecule has 0 radical (unpaired) electrons. The predicted octanol–water partition coefficient (Wildman–Crippen LogP) is 0.251. The zero-order valence-electron chi connectivity index (χ0n) is 7.18. The molecule has 0 heterocycles. The number of hydroxylamine groups is 1. The normalized spacial score (nSPS) is 7.50. The van der Waals surface area contributed by atoms with Gasteiger partial charge in [-0.3, -0.25) is 10.0 Å². The summed E-state index contributed by atoms with van der Waals surface area (Å²) in [5.74, 6) is 4.25. The second kappa shape index (κ2) is 9.95. The molecule has 0 unspecified atom stereocenters. The van der Waals surface area contributed by atoms with Gasteiger partial charge in [0.05, 0.1) is 0 Å². The van der Waals surface area contributed by atoms with Crippen LogP contribution in [-0.2, 0) is 4.79 Å². The van der Waals surface area contributed by atoms with Gasteiger partial charge in [0.25, 0.3) is 0 Å². The summed E-state index contributed by atoms with van der Waals surface area (Å²) < 4.78 is 0. The van der Waals surface area contributed by atoms with Gasteiger partial charge in [0, 0.05) is 6.42 Å². The topological polar surface area (TPSA) is 80.8 Å². The average molecular weight is 173 g/mol. The molecule has 4 nitrogen and oxygen atoms in total. The molecule has 0 aromatic carbocycles. The third kappa shape index (κ3) is 8.95. The first-order chi connectivity index (χ1) is 5.31. The predicted molar refractivity (Wildman–Crippen MR) is 45.5 cm³/mol. The van der Waals surface area contributed by atoms with Crippen molar-refractivity contribution in [1.29, 1.82) is 0 Å². The van der Waals surface area contributed by atoms with Crippen molar-refractivity contribution in [3.05, 3.63) is 0 Å². The molecule has 0 saturated carbocycles. The number of carbonyl (C=O) groups is 1. The number of hydrogen-bond donors (Lipinski definition) is 2. The summed E-state index contributed by atoms with van der Waals surface area (Å²) >= 11 is 0. The second-order valence-corrected chi connectivity index (χ2v) is 2.20. The first-order valence-electron chi connectivity index (χ1n) is 3.74. The van der Waals surface area contributed by atoms with Crippen LogP contribution in [0.2, 0.25) is 0 Å². The molecule has 0 fully saturated rings. The van der Waals surface area contributed by atoms with E-state index in [0.29, 0.717) is 0 Å². The smallest absolute Gasteiger partial charge is 0.319 e. The van der Waals surface area contributed by atoms with Crippen LogP contribution in [0.4, 0.5) is 0 Å². The fraction of sp³-hybridized carbons (Fsp3) is 0.625. The maximum absolute atomic E-state index is 10.3. The lowest BCUT2D eigenvalue weighted by Gasteiger charge is -1.88. The zero-order valence-corrected chi connectivity index (χ0v) is 7.18. The summed E-state index contributed by atoms with van der Waals surface area (Å²) in [6.07, 6.45) is 4.02. The van der Waals surface area contributed by atoms with E-state index < -0.39 is 5.91 Å². The van der Waals surface area contributed by atoms with Gasteiger partial charge in [-0.1, -0.05) is 25.7 Å². The number of hydrogen-bond acceptors (Lipinski definition) is 2. The summed E-state index contributed by atoms with van der Waals surface area (Å²) in [4.78, 5) is 10.3. The molecule has 0 saturated heterocycles. The largest absolute Gasteiger partial charge is 0.412 e. The number of nitrogens with one attached hydrogen (secondary N) is 1. The monoisotopic (exact) mass is 173 g/mol. The van der Waals surface area contributed by atoms with E-state index in [1.165, 1.54) is 5.48 Å². The average Bonchev–Trinajstić information content (AvgIpc) is 2.04. The van der Waals surface area contributed by atoms with Crippen molar-refractivity contribution in [2.75, 3.05) is 0 Å². The Hall–Kier alpha value is -1.05. The molecular formula is C8H15NO3. The van der Waals surface area contributed by atoms with Crippen LogP contribution in [0.25, 0.3) is 0 Å². The van der Waals surface area contributed by atoms with Crippen LogP contribution in [-0.4, -0.2) is 16.6 Å². The van der Waals surface area contributed by atoms with Gasteiger partial charge in [-0.05, 0) is 12.3 Å². The molecule has 12 heavy (non-hydrogen) atoms. The Labute approximate surface area is 72.2 Å². The van der Waals surface area contributed by atoms with Gasteiger partial charge in [0.2, 0.25) is 0 Å². The Morgan fingerprint density at radius 1 is 1.50 bits per heavy atom. The van der Waals surface area contributed by atoms with Gasteiger partial charge in [0.1, 0.15) is 0 Å². The molecule has 0 aliphatic heterocycles. The third-order valence-electron chi connectivity index (χ3n) is 1.21. The summed E-state index contributed by atoms with van der Waals surface area (Å²) in [6.45, 7) is 2.11. The first kappa shape index (κ1) is 13.5. The van der Waals surface area contributed by atoms with Crippen molar-refractivity contribution in [3.8, 4) is 11.8 Å². The minimum Gasteiger partial charge on any atom is -0.412 e. The van der Waals surface area contributed by atoms with E-state index in [0.717, 1.165) is 25.7 Å². The van der Waals surface area contributed by atoms with E-state index in [4.69, 9.17) is 5.21 Å². The lowest BCUT2D eigenvalue weighted by Crippen LogP contribution is -2.15. The summed E-state index contributed by atoms with van der Waals surface area (Å²) in [7, 11) is 0. The summed E-state index contributed by atoms with van der Waals surface area (Å²) in [5, 5.41) is 8.04. The van der Waals surface area contributed by atoms with Crippen molar-refractivity contribution in [2.24, 2.45) is 0 Å².